The molecule has 13 heteroatoms. The van der Waals surface area contributed by atoms with Gasteiger partial charge in [0.05, 0.1) is 25.9 Å². The van der Waals surface area contributed by atoms with Gasteiger partial charge in [-0.25, -0.2) is 13.6 Å². The number of ether oxygens (including phenoxy) is 2. The van der Waals surface area contributed by atoms with Gasteiger partial charge in [0, 0.05) is 31.4 Å². The molecule has 1 N–H and O–H groups in total. The Bertz CT molecular complexity index is 1730. The van der Waals surface area contributed by atoms with Crippen molar-refractivity contribution in [2.24, 2.45) is 7.05 Å². The lowest BCUT2D eigenvalue weighted by molar-refractivity contribution is -0.167. The Labute approximate surface area is 262 Å². The number of anilines is 1. The highest BCUT2D eigenvalue weighted by atomic mass is 19.4. The molecule has 0 spiro atoms. The van der Waals surface area contributed by atoms with Crippen LogP contribution in [0.25, 0.3) is 11.1 Å². The first-order valence-corrected chi connectivity index (χ1v) is 14.8. The van der Waals surface area contributed by atoms with E-state index in [-0.39, 0.29) is 25.1 Å². The Morgan fingerprint density at radius 2 is 1.76 bits per heavy atom. The minimum absolute atomic E-state index is 0.0612. The minimum Gasteiger partial charge on any atom is -0.467 e. The number of aryl methyl sites for hydroxylation is 2. The second-order valence-electron chi connectivity index (χ2n) is 11.7. The molecule has 1 amide bonds. The molecule has 1 saturated heterocycles. The average molecular weight is 648 g/mol. The molecule has 0 unspecified atom stereocenters. The molecule has 0 saturated carbocycles. The molecule has 0 radical (unpaired) electrons. The molecule has 2 atom stereocenters. The monoisotopic (exact) mass is 647 g/mol. The molecule has 2 heterocycles. The number of carbonyl (C=O) groups is 2. The van der Waals surface area contributed by atoms with E-state index in [1.165, 1.54) is 0 Å². The van der Waals surface area contributed by atoms with Crippen LogP contribution < -0.4 is 15.8 Å². The van der Waals surface area contributed by atoms with Crippen LogP contribution in [-0.4, -0.2) is 61.6 Å². The fraction of sp³-hybridized carbons (Fsp3) is 0.424. The Hall–Kier alpha value is -4.26. The van der Waals surface area contributed by atoms with Gasteiger partial charge in [-0.2, -0.15) is 13.2 Å². The molecule has 1 aliphatic heterocycles. The summed E-state index contributed by atoms with van der Waals surface area (Å²) in [6, 6.07) is 3.40. The SMILES string of the molecule is COC(=O)[C@H](Cc1ccc(-c2c(C)cc(C)n(C)c2=O)c2c1CCC2)NC(=O)c1c(F)cc(N2CCOC[C@@H]2C(F)(F)F)cc1F. The second-order valence-corrected chi connectivity index (χ2v) is 11.7. The number of amides is 1. The van der Waals surface area contributed by atoms with E-state index >= 15 is 8.78 Å². The Kier molecular flexibility index (Phi) is 9.26. The fourth-order valence-electron chi connectivity index (χ4n) is 6.42. The number of hydrogen-bond acceptors (Lipinski definition) is 6. The summed E-state index contributed by atoms with van der Waals surface area (Å²) in [4.78, 5) is 40.0. The number of nitrogens with zero attached hydrogens (tertiary/aromatic N) is 2. The summed E-state index contributed by atoms with van der Waals surface area (Å²) < 4.78 is 82.4. The van der Waals surface area contributed by atoms with Crippen LogP contribution >= 0.6 is 0 Å². The minimum atomic E-state index is -4.72. The van der Waals surface area contributed by atoms with E-state index in [1.807, 2.05) is 26.0 Å². The zero-order valence-corrected chi connectivity index (χ0v) is 25.8. The van der Waals surface area contributed by atoms with Gasteiger partial charge in [0.25, 0.3) is 11.5 Å². The highest BCUT2D eigenvalue weighted by Gasteiger charge is 2.46. The van der Waals surface area contributed by atoms with Crippen molar-refractivity contribution in [3.63, 3.8) is 0 Å². The topological polar surface area (TPSA) is 89.9 Å². The van der Waals surface area contributed by atoms with Crippen molar-refractivity contribution in [2.75, 3.05) is 31.8 Å². The van der Waals surface area contributed by atoms with Crippen molar-refractivity contribution in [3.8, 4) is 11.1 Å². The molecule has 0 bridgehead atoms. The van der Waals surface area contributed by atoms with E-state index in [9.17, 15) is 27.6 Å². The number of esters is 1. The second kappa shape index (κ2) is 12.9. The van der Waals surface area contributed by atoms with Crippen LogP contribution in [0, 0.1) is 25.5 Å². The average Bonchev–Trinajstić information content (AvgIpc) is 3.50. The number of fused-ring (bicyclic) bond motifs is 1. The van der Waals surface area contributed by atoms with Gasteiger partial charge >= 0.3 is 12.1 Å². The number of halogens is 5. The van der Waals surface area contributed by atoms with Crippen LogP contribution in [0.15, 0.2) is 35.1 Å². The maximum Gasteiger partial charge on any atom is 0.411 e. The molecular formula is C33H34F5N3O5. The number of pyridine rings is 1. The van der Waals surface area contributed by atoms with Gasteiger partial charge in [-0.1, -0.05) is 12.1 Å². The first-order valence-electron chi connectivity index (χ1n) is 14.8. The van der Waals surface area contributed by atoms with Crippen molar-refractivity contribution in [1.82, 2.24) is 9.88 Å². The largest absolute Gasteiger partial charge is 0.467 e. The highest BCUT2D eigenvalue weighted by Crippen LogP contribution is 2.36. The fourth-order valence-corrected chi connectivity index (χ4v) is 6.42. The molecule has 1 aromatic heterocycles. The van der Waals surface area contributed by atoms with Gasteiger partial charge < -0.3 is 24.3 Å². The summed E-state index contributed by atoms with van der Waals surface area (Å²) in [6.07, 6.45) is -2.61. The van der Waals surface area contributed by atoms with Gasteiger partial charge in [-0.05, 0) is 79.1 Å². The van der Waals surface area contributed by atoms with Crippen LogP contribution in [0.2, 0.25) is 0 Å². The smallest absolute Gasteiger partial charge is 0.411 e. The zero-order chi connectivity index (χ0) is 33.5. The molecular weight excluding hydrogens is 613 g/mol. The van der Waals surface area contributed by atoms with Crippen molar-refractivity contribution >= 4 is 17.6 Å². The van der Waals surface area contributed by atoms with Crippen molar-refractivity contribution in [2.45, 2.75) is 57.8 Å². The van der Waals surface area contributed by atoms with E-state index in [0.29, 0.717) is 36.1 Å². The highest BCUT2D eigenvalue weighted by molar-refractivity contribution is 5.97. The molecule has 2 aliphatic rings. The van der Waals surface area contributed by atoms with E-state index in [1.54, 1.807) is 17.7 Å². The number of rotatable bonds is 7. The predicted octanol–water partition coefficient (Wildman–Crippen LogP) is 4.72. The van der Waals surface area contributed by atoms with Gasteiger partial charge in [0.1, 0.15) is 29.3 Å². The maximum atomic E-state index is 15.2. The number of methoxy groups -OCH3 is 1. The molecule has 1 aliphatic carbocycles. The van der Waals surface area contributed by atoms with Gasteiger partial charge in [0.2, 0.25) is 0 Å². The van der Waals surface area contributed by atoms with Gasteiger partial charge in [0.15, 0.2) is 0 Å². The van der Waals surface area contributed by atoms with Gasteiger partial charge in [-0.15, -0.1) is 0 Å². The predicted molar refractivity (Wildman–Crippen MR) is 160 cm³/mol. The van der Waals surface area contributed by atoms with Crippen molar-refractivity contribution in [1.29, 1.82) is 0 Å². The number of carbonyl (C=O) groups excluding carboxylic acids is 2. The maximum absolute atomic E-state index is 15.2. The summed E-state index contributed by atoms with van der Waals surface area (Å²) in [7, 11) is 2.82. The number of morpholine rings is 1. The van der Waals surface area contributed by atoms with E-state index in [0.717, 1.165) is 46.4 Å². The van der Waals surface area contributed by atoms with Crippen LogP contribution in [0.5, 0.6) is 0 Å². The summed E-state index contributed by atoms with van der Waals surface area (Å²) >= 11 is 0. The zero-order valence-electron chi connectivity index (χ0n) is 25.8. The standard InChI is InChI=1S/C33H34F5N3O5/c1-17-12-18(2)40(3)31(43)28(17)23-9-8-19(21-6-5-7-22(21)23)13-26(32(44)45-4)39-30(42)29-24(34)14-20(15-25(29)35)41-10-11-46-16-27(41)33(36,37)38/h8-9,12,14-15,26-27H,5-7,10-11,13,16H2,1-4H3,(H,39,42)/t26-,27+/m0/s1. The third-order valence-electron chi connectivity index (χ3n) is 8.83. The quantitative estimate of drug-likeness (QED) is 0.295. The normalized spacial score (nSPS) is 17.1. The Morgan fingerprint density at radius 1 is 1.09 bits per heavy atom. The molecule has 1 fully saturated rings. The number of hydrogen-bond donors (Lipinski definition) is 1. The van der Waals surface area contributed by atoms with E-state index in [2.05, 4.69) is 5.32 Å². The summed E-state index contributed by atoms with van der Waals surface area (Å²) in [5.74, 6) is -4.89. The molecule has 3 aromatic rings. The van der Waals surface area contributed by atoms with Crippen LogP contribution in [0.4, 0.5) is 27.6 Å². The van der Waals surface area contributed by atoms with Crippen LogP contribution in [0.1, 0.15) is 44.7 Å². The summed E-state index contributed by atoms with van der Waals surface area (Å²) in [5.41, 5.74) is 4.07. The summed E-state index contributed by atoms with van der Waals surface area (Å²) in [5, 5.41) is 2.36. The third kappa shape index (κ3) is 6.24. The van der Waals surface area contributed by atoms with E-state index < -0.39 is 59.6 Å². The summed E-state index contributed by atoms with van der Waals surface area (Å²) in [6.45, 7) is 2.68. The lowest BCUT2D eigenvalue weighted by Crippen LogP contribution is -2.53. The van der Waals surface area contributed by atoms with Gasteiger partial charge in [-0.3, -0.25) is 9.59 Å². The van der Waals surface area contributed by atoms with E-state index in [4.69, 9.17) is 9.47 Å². The lowest BCUT2D eigenvalue weighted by atomic mass is 9.90. The van der Waals surface area contributed by atoms with Crippen LogP contribution in [0.3, 0.4) is 0 Å². The Balaban J connectivity index is 1.43. The number of alkyl halides is 3. The molecule has 5 rings (SSSR count). The Morgan fingerprint density at radius 3 is 2.41 bits per heavy atom. The first-order chi connectivity index (χ1) is 21.7. The molecule has 8 nitrogen and oxygen atoms in total. The third-order valence-corrected chi connectivity index (χ3v) is 8.83. The number of nitrogens with one attached hydrogen (secondary N) is 1. The lowest BCUT2D eigenvalue weighted by Gasteiger charge is -2.38. The molecule has 2 aromatic carbocycles. The van der Waals surface area contributed by atoms with Crippen molar-refractivity contribution < 1.29 is 41.0 Å². The van der Waals surface area contributed by atoms with Crippen molar-refractivity contribution in [3.05, 3.63) is 85.8 Å². The molecule has 46 heavy (non-hydrogen) atoms. The first kappa shape index (κ1) is 33.1. The van der Waals surface area contributed by atoms with Crippen LogP contribution in [-0.2, 0) is 40.6 Å². The molecule has 246 valence electrons. The number of benzene rings is 2. The number of aromatic nitrogens is 1.